The Morgan fingerprint density at radius 3 is 2.62 bits per heavy atom. The van der Waals surface area contributed by atoms with Crippen LogP contribution in [0.1, 0.15) is 16.1 Å². The number of nitrogens with two attached hydrogens (primary N) is 1. The third-order valence-electron chi connectivity index (χ3n) is 3.73. The summed E-state index contributed by atoms with van der Waals surface area (Å²) in [4.78, 5) is 12.4. The number of nitrogen functional groups attached to an aromatic ring is 1. The number of rotatable bonds is 4. The number of carbonyl (C=O) groups excluding carboxylic acids is 1. The van der Waals surface area contributed by atoms with Crippen molar-refractivity contribution in [3.63, 3.8) is 0 Å². The summed E-state index contributed by atoms with van der Waals surface area (Å²) in [5, 5.41) is 11.4. The van der Waals surface area contributed by atoms with Crippen LogP contribution in [0.15, 0.2) is 36.4 Å². The van der Waals surface area contributed by atoms with Gasteiger partial charge in [-0.05, 0) is 42.8 Å². The van der Waals surface area contributed by atoms with E-state index < -0.39 is 5.91 Å². The zero-order valence-corrected chi connectivity index (χ0v) is 15.5. The minimum Gasteiger partial charge on any atom is -0.495 e. The molecule has 0 unspecified atom stereocenters. The molecule has 1 aromatic heterocycles. The number of carbonyl (C=O) groups is 1. The maximum absolute atomic E-state index is 12.4. The number of nitrogens with one attached hydrogen (secondary N) is 1. The molecule has 26 heavy (non-hydrogen) atoms. The number of methoxy groups -OCH3 is 1. The van der Waals surface area contributed by atoms with Crippen LogP contribution < -0.4 is 15.8 Å². The Hall–Kier alpha value is -2.77. The van der Waals surface area contributed by atoms with Gasteiger partial charge >= 0.3 is 0 Å². The fraction of sp³-hybridized carbons (Fsp3) is 0.118. The molecule has 0 bridgehead atoms. The predicted octanol–water partition coefficient (Wildman–Crippen LogP) is 3.73. The highest BCUT2D eigenvalue weighted by atomic mass is 35.5. The molecule has 0 aliphatic heterocycles. The summed E-state index contributed by atoms with van der Waals surface area (Å²) >= 11 is 12.2. The maximum Gasteiger partial charge on any atom is 0.280 e. The summed E-state index contributed by atoms with van der Waals surface area (Å²) in [5.74, 6) is 0.110. The van der Waals surface area contributed by atoms with Gasteiger partial charge in [-0.15, -0.1) is 5.10 Å². The average Bonchev–Trinajstić information content (AvgIpc) is 2.99. The van der Waals surface area contributed by atoms with Crippen molar-refractivity contribution in [2.24, 2.45) is 0 Å². The normalized spacial score (nSPS) is 10.6. The lowest BCUT2D eigenvalue weighted by Gasteiger charge is -2.08. The van der Waals surface area contributed by atoms with Gasteiger partial charge in [0.25, 0.3) is 5.91 Å². The van der Waals surface area contributed by atoms with E-state index in [4.69, 9.17) is 33.7 Å². The van der Waals surface area contributed by atoms with E-state index in [1.807, 2.05) is 6.92 Å². The van der Waals surface area contributed by atoms with Gasteiger partial charge in [0, 0.05) is 10.7 Å². The van der Waals surface area contributed by atoms with E-state index in [1.54, 1.807) is 36.4 Å². The fourth-order valence-corrected chi connectivity index (χ4v) is 2.72. The van der Waals surface area contributed by atoms with Gasteiger partial charge in [0.1, 0.15) is 5.75 Å². The Kier molecular flexibility index (Phi) is 5.01. The van der Waals surface area contributed by atoms with Crippen LogP contribution in [0.5, 0.6) is 5.75 Å². The van der Waals surface area contributed by atoms with Crippen molar-refractivity contribution >= 4 is 40.6 Å². The lowest BCUT2D eigenvalue weighted by Crippen LogP contribution is -2.15. The van der Waals surface area contributed by atoms with Gasteiger partial charge in [0.05, 0.1) is 17.8 Å². The molecule has 0 aliphatic rings. The van der Waals surface area contributed by atoms with Gasteiger partial charge in [-0.3, -0.25) is 4.79 Å². The van der Waals surface area contributed by atoms with Gasteiger partial charge in [0.15, 0.2) is 11.5 Å². The van der Waals surface area contributed by atoms with Crippen molar-refractivity contribution in [3.8, 4) is 11.4 Å². The zero-order valence-electron chi connectivity index (χ0n) is 14.0. The molecule has 3 N–H and O–H groups in total. The number of amides is 1. The second-order valence-electron chi connectivity index (χ2n) is 5.47. The van der Waals surface area contributed by atoms with E-state index in [0.717, 1.165) is 5.56 Å². The first-order valence-corrected chi connectivity index (χ1v) is 8.29. The van der Waals surface area contributed by atoms with Crippen molar-refractivity contribution in [2.75, 3.05) is 18.2 Å². The van der Waals surface area contributed by atoms with E-state index in [2.05, 4.69) is 15.6 Å². The highest BCUT2D eigenvalue weighted by Crippen LogP contribution is 2.28. The van der Waals surface area contributed by atoms with Crippen molar-refractivity contribution in [2.45, 2.75) is 6.92 Å². The lowest BCUT2D eigenvalue weighted by molar-refractivity contribution is 0.102. The molecule has 134 valence electrons. The number of halogens is 2. The van der Waals surface area contributed by atoms with Crippen LogP contribution in [-0.4, -0.2) is 28.0 Å². The Bertz CT molecular complexity index is 987. The summed E-state index contributed by atoms with van der Waals surface area (Å²) in [6, 6.07) is 10.2. The van der Waals surface area contributed by atoms with E-state index in [0.29, 0.717) is 27.2 Å². The minimum absolute atomic E-state index is 0.00589. The van der Waals surface area contributed by atoms with Crippen LogP contribution in [0.3, 0.4) is 0 Å². The first kappa shape index (κ1) is 18.0. The first-order chi connectivity index (χ1) is 12.4. The van der Waals surface area contributed by atoms with Crippen LogP contribution in [0.2, 0.25) is 10.0 Å². The number of hydrogen-bond donors (Lipinski definition) is 2. The summed E-state index contributed by atoms with van der Waals surface area (Å²) < 4.78 is 6.43. The number of aromatic nitrogens is 3. The molecule has 3 aromatic rings. The molecular formula is C17H15Cl2N5O2. The molecule has 0 saturated carbocycles. The molecule has 0 atom stereocenters. The molecule has 0 fully saturated rings. The quantitative estimate of drug-likeness (QED) is 0.706. The molecule has 1 amide bonds. The highest BCUT2D eigenvalue weighted by Gasteiger charge is 2.19. The number of ether oxygens (including phenoxy) is 1. The van der Waals surface area contributed by atoms with Gasteiger partial charge in [-0.1, -0.05) is 34.5 Å². The van der Waals surface area contributed by atoms with Crippen molar-refractivity contribution in [1.29, 1.82) is 0 Å². The third kappa shape index (κ3) is 3.44. The highest BCUT2D eigenvalue weighted by molar-refractivity contribution is 6.32. The van der Waals surface area contributed by atoms with Crippen LogP contribution in [-0.2, 0) is 0 Å². The number of anilines is 2. The summed E-state index contributed by atoms with van der Waals surface area (Å²) in [6.45, 7) is 1.87. The van der Waals surface area contributed by atoms with Gasteiger partial charge < -0.3 is 15.8 Å². The van der Waals surface area contributed by atoms with E-state index in [-0.39, 0.29) is 11.5 Å². The molecule has 7 nitrogen and oxygen atoms in total. The monoisotopic (exact) mass is 391 g/mol. The lowest BCUT2D eigenvalue weighted by atomic mass is 10.2. The van der Waals surface area contributed by atoms with Gasteiger partial charge in [-0.25, -0.2) is 0 Å². The van der Waals surface area contributed by atoms with E-state index >= 15 is 0 Å². The number of hydrogen-bond acceptors (Lipinski definition) is 5. The Labute approximate surface area is 159 Å². The molecule has 0 radical (unpaired) electrons. The smallest absolute Gasteiger partial charge is 0.280 e. The molecule has 1 heterocycles. The zero-order chi connectivity index (χ0) is 18.8. The fourth-order valence-electron chi connectivity index (χ4n) is 2.29. The molecule has 2 aromatic carbocycles. The summed E-state index contributed by atoms with van der Waals surface area (Å²) in [6.07, 6.45) is 0. The Morgan fingerprint density at radius 1 is 1.19 bits per heavy atom. The van der Waals surface area contributed by atoms with Gasteiger partial charge in [-0.2, -0.15) is 4.68 Å². The Morgan fingerprint density at radius 2 is 1.96 bits per heavy atom. The van der Waals surface area contributed by atoms with Crippen molar-refractivity contribution in [3.05, 3.63) is 57.7 Å². The maximum atomic E-state index is 12.4. The molecule has 9 heteroatoms. The largest absolute Gasteiger partial charge is 0.495 e. The summed E-state index contributed by atoms with van der Waals surface area (Å²) in [7, 11) is 1.52. The predicted molar refractivity (Wildman–Crippen MR) is 101 cm³/mol. The van der Waals surface area contributed by atoms with Crippen molar-refractivity contribution < 1.29 is 9.53 Å². The van der Waals surface area contributed by atoms with Crippen molar-refractivity contribution in [1.82, 2.24) is 15.0 Å². The number of aryl methyl sites for hydroxylation is 1. The van der Waals surface area contributed by atoms with Crippen LogP contribution >= 0.6 is 23.2 Å². The molecule has 0 spiro atoms. The van der Waals surface area contributed by atoms with Crippen LogP contribution in [0.25, 0.3) is 5.69 Å². The summed E-state index contributed by atoms with van der Waals surface area (Å²) in [5.41, 5.74) is 8.03. The van der Waals surface area contributed by atoms with E-state index in [1.165, 1.54) is 11.8 Å². The number of benzene rings is 2. The molecule has 0 saturated heterocycles. The van der Waals surface area contributed by atoms with Gasteiger partial charge in [0.2, 0.25) is 0 Å². The van der Waals surface area contributed by atoms with Crippen LogP contribution in [0.4, 0.5) is 11.5 Å². The second-order valence-corrected chi connectivity index (χ2v) is 6.29. The van der Waals surface area contributed by atoms with E-state index in [9.17, 15) is 4.79 Å². The molecule has 0 aliphatic carbocycles. The third-order valence-corrected chi connectivity index (χ3v) is 4.43. The Balaban J connectivity index is 1.87. The molecular weight excluding hydrogens is 377 g/mol. The first-order valence-electron chi connectivity index (χ1n) is 7.53. The molecule has 3 rings (SSSR count). The minimum atomic E-state index is -0.492. The standard InChI is InChI=1S/C17H15Cl2N5O2/c1-9-3-4-10(7-12(9)18)21-17(25)15-16(20)24(23-22-15)11-5-6-14(26-2)13(19)8-11/h3-8H,20H2,1-2H3,(H,21,25). The van der Waals surface area contributed by atoms with Crippen LogP contribution in [0, 0.1) is 6.92 Å². The topological polar surface area (TPSA) is 95.1 Å². The number of nitrogens with zero attached hydrogens (tertiary/aromatic N) is 3. The SMILES string of the molecule is COc1ccc(-n2nnc(C(=O)Nc3ccc(C)c(Cl)c3)c2N)cc1Cl. The average molecular weight is 392 g/mol. The second kappa shape index (κ2) is 7.23.